The van der Waals surface area contributed by atoms with Gasteiger partial charge in [0.15, 0.2) is 12.4 Å². The number of ether oxygens (including phenoxy) is 1. The summed E-state index contributed by atoms with van der Waals surface area (Å²) in [6.45, 7) is -0.668. The molecule has 0 saturated carbocycles. The van der Waals surface area contributed by atoms with Crippen molar-refractivity contribution in [2.75, 3.05) is 11.9 Å². The van der Waals surface area contributed by atoms with Crippen molar-refractivity contribution in [3.8, 4) is 17.1 Å². The Labute approximate surface area is 197 Å². The molecule has 0 aliphatic rings. The van der Waals surface area contributed by atoms with Crippen LogP contribution in [-0.4, -0.2) is 38.2 Å². The van der Waals surface area contributed by atoms with Crippen molar-refractivity contribution >= 4 is 34.9 Å². The van der Waals surface area contributed by atoms with E-state index >= 15 is 0 Å². The second kappa shape index (κ2) is 9.92. The lowest BCUT2D eigenvalue weighted by Crippen LogP contribution is -2.21. The van der Waals surface area contributed by atoms with E-state index in [0.29, 0.717) is 11.5 Å². The number of non-ortho nitro benzene ring substituents is 1. The molecule has 0 unspecified atom stereocenters. The van der Waals surface area contributed by atoms with Crippen LogP contribution in [0.3, 0.4) is 0 Å². The van der Waals surface area contributed by atoms with Crippen LogP contribution in [-0.2, 0) is 9.53 Å². The van der Waals surface area contributed by atoms with Crippen LogP contribution in [0.15, 0.2) is 78.9 Å². The van der Waals surface area contributed by atoms with Crippen LogP contribution in [0.1, 0.15) is 10.6 Å². The zero-order valence-corrected chi connectivity index (χ0v) is 18.2. The Kier molecular flexibility index (Phi) is 6.60. The molecule has 1 N–H and O–H groups in total. The van der Waals surface area contributed by atoms with Gasteiger partial charge in [-0.2, -0.15) is 0 Å². The zero-order valence-electron chi connectivity index (χ0n) is 17.4. The van der Waals surface area contributed by atoms with Crippen LogP contribution in [0, 0.1) is 10.1 Å². The maximum absolute atomic E-state index is 12.6. The molecule has 170 valence electrons. The summed E-state index contributed by atoms with van der Waals surface area (Å²) in [5.41, 5.74) is 1.19. The van der Waals surface area contributed by atoms with Crippen molar-refractivity contribution in [2.24, 2.45) is 0 Å². The number of nitrogens with zero attached hydrogens (tertiary/aromatic N) is 4. The average Bonchev–Trinajstić information content (AvgIpc) is 3.30. The SMILES string of the molecule is O=C(COC(=O)c1nc(-c2ccccc2)n(-c2ccccc2)n1)Nc1cc([N+](=O)[O-])ccc1Cl. The van der Waals surface area contributed by atoms with E-state index in [1.807, 2.05) is 60.7 Å². The first-order valence-corrected chi connectivity index (χ1v) is 10.3. The number of anilines is 1. The van der Waals surface area contributed by atoms with E-state index in [0.717, 1.165) is 11.6 Å². The monoisotopic (exact) mass is 477 g/mol. The van der Waals surface area contributed by atoms with Crippen LogP contribution in [0.25, 0.3) is 17.1 Å². The number of para-hydroxylation sites is 1. The van der Waals surface area contributed by atoms with Gasteiger partial charge in [-0.1, -0.05) is 60.1 Å². The van der Waals surface area contributed by atoms with Crippen molar-refractivity contribution in [3.05, 3.63) is 99.8 Å². The molecule has 0 fully saturated rings. The van der Waals surface area contributed by atoms with Crippen LogP contribution in [0.4, 0.5) is 11.4 Å². The van der Waals surface area contributed by atoms with Gasteiger partial charge in [0.2, 0.25) is 0 Å². The minimum atomic E-state index is -0.910. The number of carbonyl (C=O) groups excluding carboxylic acids is 2. The molecule has 3 aromatic carbocycles. The number of rotatable bonds is 7. The number of hydrogen-bond acceptors (Lipinski definition) is 7. The van der Waals surface area contributed by atoms with Crippen molar-refractivity contribution in [1.29, 1.82) is 0 Å². The lowest BCUT2D eigenvalue weighted by Gasteiger charge is -2.07. The molecule has 34 heavy (non-hydrogen) atoms. The average molecular weight is 478 g/mol. The highest BCUT2D eigenvalue weighted by molar-refractivity contribution is 6.33. The third-order valence-electron chi connectivity index (χ3n) is 4.59. The van der Waals surface area contributed by atoms with Crippen LogP contribution >= 0.6 is 11.6 Å². The summed E-state index contributed by atoms with van der Waals surface area (Å²) in [6.07, 6.45) is 0. The molecular formula is C23H16ClN5O5. The second-order valence-electron chi connectivity index (χ2n) is 6.92. The van der Waals surface area contributed by atoms with Crippen molar-refractivity contribution in [3.63, 3.8) is 0 Å². The van der Waals surface area contributed by atoms with E-state index in [2.05, 4.69) is 15.4 Å². The van der Waals surface area contributed by atoms with Crippen LogP contribution in [0.5, 0.6) is 0 Å². The van der Waals surface area contributed by atoms with Gasteiger partial charge in [0.25, 0.3) is 17.4 Å². The predicted molar refractivity (Wildman–Crippen MR) is 124 cm³/mol. The first-order chi connectivity index (χ1) is 16.4. The molecule has 10 nitrogen and oxygen atoms in total. The molecule has 4 rings (SSSR count). The fourth-order valence-electron chi connectivity index (χ4n) is 3.03. The first kappa shape index (κ1) is 22.6. The summed E-state index contributed by atoms with van der Waals surface area (Å²) in [7, 11) is 0. The number of hydrogen-bond donors (Lipinski definition) is 1. The molecule has 0 saturated heterocycles. The molecule has 4 aromatic rings. The summed E-state index contributed by atoms with van der Waals surface area (Å²) >= 11 is 5.97. The highest BCUT2D eigenvalue weighted by Gasteiger charge is 2.21. The van der Waals surface area contributed by atoms with Gasteiger partial charge in [-0.3, -0.25) is 14.9 Å². The van der Waals surface area contributed by atoms with Gasteiger partial charge in [-0.25, -0.2) is 14.5 Å². The number of aromatic nitrogens is 3. The maximum atomic E-state index is 12.6. The van der Waals surface area contributed by atoms with Crippen LogP contribution < -0.4 is 5.32 Å². The molecular weight excluding hydrogens is 462 g/mol. The number of esters is 1. The molecule has 1 aromatic heterocycles. The van der Waals surface area contributed by atoms with E-state index in [4.69, 9.17) is 16.3 Å². The Balaban J connectivity index is 1.50. The van der Waals surface area contributed by atoms with Crippen LogP contribution in [0.2, 0.25) is 5.02 Å². The second-order valence-corrected chi connectivity index (χ2v) is 7.33. The molecule has 11 heteroatoms. The molecule has 0 atom stereocenters. The highest BCUT2D eigenvalue weighted by atomic mass is 35.5. The summed E-state index contributed by atoms with van der Waals surface area (Å²) in [5.74, 6) is -1.45. The Morgan fingerprint density at radius 1 is 1.03 bits per heavy atom. The van der Waals surface area contributed by atoms with Crippen molar-refractivity contribution in [1.82, 2.24) is 14.8 Å². The predicted octanol–water partition coefficient (Wildman–Crippen LogP) is 4.29. The number of nitro benzene ring substituents is 1. The van der Waals surface area contributed by atoms with Gasteiger partial charge in [0.1, 0.15) is 0 Å². The first-order valence-electron chi connectivity index (χ1n) is 9.91. The number of benzene rings is 3. The third kappa shape index (κ3) is 5.08. The summed E-state index contributed by atoms with van der Waals surface area (Å²) < 4.78 is 6.56. The topological polar surface area (TPSA) is 129 Å². The minimum absolute atomic E-state index is 0.0229. The molecule has 0 radical (unpaired) electrons. The van der Waals surface area contributed by atoms with Gasteiger partial charge in [0, 0.05) is 17.7 Å². The van der Waals surface area contributed by atoms with E-state index in [9.17, 15) is 19.7 Å². The standard InChI is InChI=1S/C23H16ClN5O5/c24-18-12-11-17(29(32)33)13-19(18)25-20(30)14-34-23(31)21-26-22(15-7-3-1-4-8-15)28(27-21)16-9-5-2-6-10-16/h1-13H,14H2,(H,25,30). The van der Waals surface area contributed by atoms with Crippen molar-refractivity contribution < 1.29 is 19.2 Å². The smallest absolute Gasteiger partial charge is 0.378 e. The zero-order chi connectivity index (χ0) is 24.1. The molecule has 0 aliphatic heterocycles. The van der Waals surface area contributed by atoms with E-state index in [1.54, 1.807) is 0 Å². The molecule has 0 aliphatic carbocycles. The molecule has 1 amide bonds. The molecule has 0 spiro atoms. The van der Waals surface area contributed by atoms with E-state index in [-0.39, 0.29) is 22.2 Å². The molecule has 1 heterocycles. The van der Waals surface area contributed by atoms with Gasteiger partial charge < -0.3 is 10.1 Å². The lowest BCUT2D eigenvalue weighted by molar-refractivity contribution is -0.384. The Morgan fingerprint density at radius 2 is 1.71 bits per heavy atom. The van der Waals surface area contributed by atoms with E-state index < -0.39 is 23.4 Å². The highest BCUT2D eigenvalue weighted by Crippen LogP contribution is 2.26. The van der Waals surface area contributed by atoms with Crippen molar-refractivity contribution in [2.45, 2.75) is 0 Å². The third-order valence-corrected chi connectivity index (χ3v) is 4.92. The molecule has 0 bridgehead atoms. The van der Waals surface area contributed by atoms with Gasteiger partial charge in [0.05, 0.1) is 21.3 Å². The Morgan fingerprint density at radius 3 is 2.38 bits per heavy atom. The Bertz CT molecular complexity index is 1300. The lowest BCUT2D eigenvalue weighted by atomic mass is 10.2. The fourth-order valence-corrected chi connectivity index (χ4v) is 3.19. The fraction of sp³-hybridized carbons (Fsp3) is 0.0435. The Hall–Kier alpha value is -4.57. The quantitative estimate of drug-likeness (QED) is 0.239. The largest absolute Gasteiger partial charge is 0.450 e. The summed E-state index contributed by atoms with van der Waals surface area (Å²) in [4.78, 5) is 39.4. The number of nitro groups is 1. The number of carbonyl (C=O) groups is 2. The summed E-state index contributed by atoms with van der Waals surface area (Å²) in [6, 6.07) is 21.9. The maximum Gasteiger partial charge on any atom is 0.378 e. The van der Waals surface area contributed by atoms with E-state index in [1.165, 1.54) is 16.8 Å². The van der Waals surface area contributed by atoms with Gasteiger partial charge in [-0.05, 0) is 18.2 Å². The minimum Gasteiger partial charge on any atom is -0.450 e. The van der Waals surface area contributed by atoms with Gasteiger partial charge >= 0.3 is 5.97 Å². The van der Waals surface area contributed by atoms with Gasteiger partial charge in [-0.15, -0.1) is 5.10 Å². The number of nitrogens with one attached hydrogen (secondary N) is 1. The number of halogens is 1. The number of amides is 1. The summed E-state index contributed by atoms with van der Waals surface area (Å²) in [5, 5.41) is 17.7. The normalized spacial score (nSPS) is 10.5.